The first-order valence-electron chi connectivity index (χ1n) is 7.30. The third-order valence-electron chi connectivity index (χ3n) is 3.45. The summed E-state index contributed by atoms with van der Waals surface area (Å²) in [4.78, 5) is 2.38. The molecule has 0 rings (SSSR count). The fourth-order valence-electron chi connectivity index (χ4n) is 1.72. The molecule has 0 aromatic carbocycles. The highest BCUT2D eigenvalue weighted by Gasteiger charge is 2.23. The molecule has 0 heterocycles. The minimum Gasteiger partial charge on any atom is -0.498 e. The lowest BCUT2D eigenvalue weighted by Gasteiger charge is -2.29. The molecule has 0 aliphatic rings. The molecule has 0 unspecified atom stereocenters. The lowest BCUT2D eigenvalue weighted by Crippen LogP contribution is -2.27. The minimum atomic E-state index is 0.0684. The SMILES string of the molecule is C=C(OCCC(C)C)C(C)(C)CCN(C)CCC. The molecule has 18 heavy (non-hydrogen) atoms. The molecule has 0 radical (unpaired) electrons. The van der Waals surface area contributed by atoms with Crippen LogP contribution in [0.5, 0.6) is 0 Å². The zero-order chi connectivity index (χ0) is 14.2. The Hall–Kier alpha value is -0.500. The third kappa shape index (κ3) is 7.75. The molecule has 0 aromatic rings. The number of allylic oxidation sites excluding steroid dienone is 1. The number of hydrogen-bond donors (Lipinski definition) is 0. The van der Waals surface area contributed by atoms with Gasteiger partial charge in [0.2, 0.25) is 0 Å². The number of nitrogens with zero attached hydrogens (tertiary/aromatic N) is 1. The van der Waals surface area contributed by atoms with E-state index in [2.05, 4.69) is 53.1 Å². The van der Waals surface area contributed by atoms with Crippen LogP contribution in [0.2, 0.25) is 0 Å². The molecule has 0 N–H and O–H groups in total. The standard InChI is InChI=1S/C16H33NO/c1-8-11-17(7)12-10-16(5,6)15(4)18-13-9-14(2)3/h14H,4,8-13H2,1-3,5-7H3. The second-order valence-corrected chi connectivity index (χ2v) is 6.39. The zero-order valence-electron chi connectivity index (χ0n) is 13.4. The molecular formula is C16H33NO. The van der Waals surface area contributed by atoms with E-state index in [9.17, 15) is 0 Å². The molecule has 2 nitrogen and oxygen atoms in total. The van der Waals surface area contributed by atoms with Gasteiger partial charge in [-0.3, -0.25) is 0 Å². The Labute approximate surface area is 114 Å². The molecule has 0 aliphatic heterocycles. The van der Waals surface area contributed by atoms with Crippen molar-refractivity contribution >= 4 is 0 Å². The first-order valence-corrected chi connectivity index (χ1v) is 7.30. The molecule has 0 aromatic heterocycles. The Morgan fingerprint density at radius 1 is 1.28 bits per heavy atom. The lowest BCUT2D eigenvalue weighted by atomic mass is 9.87. The number of rotatable bonds is 10. The van der Waals surface area contributed by atoms with E-state index in [1.165, 1.54) is 6.42 Å². The monoisotopic (exact) mass is 255 g/mol. The predicted octanol–water partition coefficient (Wildman–Crippen LogP) is 4.32. The normalized spacial score (nSPS) is 12.2. The van der Waals surface area contributed by atoms with Crippen molar-refractivity contribution in [2.45, 2.75) is 53.9 Å². The topological polar surface area (TPSA) is 12.5 Å². The van der Waals surface area contributed by atoms with Crippen LogP contribution >= 0.6 is 0 Å². The molecule has 2 heteroatoms. The van der Waals surface area contributed by atoms with Crippen LogP contribution in [0.3, 0.4) is 0 Å². The van der Waals surface area contributed by atoms with Gasteiger partial charge in [0.25, 0.3) is 0 Å². The Bertz CT molecular complexity index is 233. The second kappa shape index (κ2) is 8.58. The molecule has 0 aliphatic carbocycles. The van der Waals surface area contributed by atoms with Crippen molar-refractivity contribution in [3.05, 3.63) is 12.3 Å². The first-order chi connectivity index (χ1) is 8.29. The van der Waals surface area contributed by atoms with Crippen molar-refractivity contribution in [1.82, 2.24) is 4.90 Å². The van der Waals surface area contributed by atoms with Crippen molar-refractivity contribution in [1.29, 1.82) is 0 Å². The van der Waals surface area contributed by atoms with Gasteiger partial charge in [0, 0.05) is 5.41 Å². The summed E-state index contributed by atoms with van der Waals surface area (Å²) in [5.74, 6) is 1.63. The molecule has 108 valence electrons. The van der Waals surface area contributed by atoms with Crippen molar-refractivity contribution in [2.75, 3.05) is 26.7 Å². The highest BCUT2D eigenvalue weighted by molar-refractivity contribution is 4.98. The van der Waals surface area contributed by atoms with Crippen LogP contribution in [-0.2, 0) is 4.74 Å². The smallest absolute Gasteiger partial charge is 0.0944 e. The fourth-order valence-corrected chi connectivity index (χ4v) is 1.72. The molecule has 0 fully saturated rings. The average molecular weight is 255 g/mol. The summed E-state index contributed by atoms with van der Waals surface area (Å²) >= 11 is 0. The molecular weight excluding hydrogens is 222 g/mol. The summed E-state index contributed by atoms with van der Waals surface area (Å²) in [6.07, 6.45) is 3.41. The van der Waals surface area contributed by atoms with Crippen LogP contribution in [0, 0.1) is 11.3 Å². The first kappa shape index (κ1) is 17.5. The van der Waals surface area contributed by atoms with Gasteiger partial charge in [0.1, 0.15) is 0 Å². The summed E-state index contributed by atoms with van der Waals surface area (Å²) < 4.78 is 5.80. The summed E-state index contributed by atoms with van der Waals surface area (Å²) in [5.41, 5.74) is 0.0684. The average Bonchev–Trinajstić information content (AvgIpc) is 2.26. The Morgan fingerprint density at radius 2 is 1.89 bits per heavy atom. The number of ether oxygens (including phenoxy) is 1. The van der Waals surface area contributed by atoms with Crippen LogP contribution in [0.4, 0.5) is 0 Å². The van der Waals surface area contributed by atoms with Crippen LogP contribution < -0.4 is 0 Å². The van der Waals surface area contributed by atoms with Gasteiger partial charge in [0.05, 0.1) is 12.4 Å². The van der Waals surface area contributed by atoms with Gasteiger partial charge < -0.3 is 9.64 Å². The van der Waals surface area contributed by atoms with Crippen LogP contribution in [-0.4, -0.2) is 31.6 Å². The van der Waals surface area contributed by atoms with Crippen molar-refractivity contribution < 1.29 is 4.74 Å². The Balaban J connectivity index is 3.98. The van der Waals surface area contributed by atoms with Gasteiger partial charge >= 0.3 is 0 Å². The van der Waals surface area contributed by atoms with Crippen LogP contribution in [0.25, 0.3) is 0 Å². The maximum absolute atomic E-state index is 5.80. The van der Waals surface area contributed by atoms with E-state index < -0.39 is 0 Å². The fraction of sp³-hybridized carbons (Fsp3) is 0.875. The van der Waals surface area contributed by atoms with Crippen molar-refractivity contribution in [2.24, 2.45) is 11.3 Å². The van der Waals surface area contributed by atoms with Gasteiger partial charge in [-0.05, 0) is 45.3 Å². The molecule has 0 bridgehead atoms. The summed E-state index contributed by atoms with van der Waals surface area (Å²) in [6.45, 7) is 18.3. The lowest BCUT2D eigenvalue weighted by molar-refractivity contribution is 0.123. The van der Waals surface area contributed by atoms with E-state index in [-0.39, 0.29) is 5.41 Å². The molecule has 0 spiro atoms. The Morgan fingerprint density at radius 3 is 2.39 bits per heavy atom. The maximum Gasteiger partial charge on any atom is 0.0944 e. The van der Waals surface area contributed by atoms with E-state index >= 15 is 0 Å². The zero-order valence-corrected chi connectivity index (χ0v) is 13.4. The van der Waals surface area contributed by atoms with Crippen molar-refractivity contribution in [3.8, 4) is 0 Å². The van der Waals surface area contributed by atoms with Gasteiger partial charge in [-0.2, -0.15) is 0 Å². The minimum absolute atomic E-state index is 0.0684. The van der Waals surface area contributed by atoms with Gasteiger partial charge in [-0.1, -0.05) is 41.2 Å². The predicted molar refractivity (Wildman–Crippen MR) is 80.7 cm³/mol. The highest BCUT2D eigenvalue weighted by atomic mass is 16.5. The molecule has 0 amide bonds. The summed E-state index contributed by atoms with van der Waals surface area (Å²) in [6, 6.07) is 0. The van der Waals surface area contributed by atoms with Crippen molar-refractivity contribution in [3.63, 3.8) is 0 Å². The van der Waals surface area contributed by atoms with Crippen LogP contribution in [0.1, 0.15) is 53.9 Å². The van der Waals surface area contributed by atoms with Crippen LogP contribution in [0.15, 0.2) is 12.3 Å². The van der Waals surface area contributed by atoms with Gasteiger partial charge in [-0.25, -0.2) is 0 Å². The van der Waals surface area contributed by atoms with E-state index in [1.54, 1.807) is 0 Å². The second-order valence-electron chi connectivity index (χ2n) is 6.39. The van der Waals surface area contributed by atoms with E-state index in [1.807, 2.05) is 0 Å². The number of hydrogen-bond acceptors (Lipinski definition) is 2. The molecule has 0 saturated carbocycles. The van der Waals surface area contributed by atoms with E-state index in [0.29, 0.717) is 5.92 Å². The third-order valence-corrected chi connectivity index (χ3v) is 3.45. The summed E-state index contributed by atoms with van der Waals surface area (Å²) in [5, 5.41) is 0. The quantitative estimate of drug-likeness (QED) is 0.539. The summed E-state index contributed by atoms with van der Waals surface area (Å²) in [7, 11) is 2.18. The molecule has 0 atom stereocenters. The van der Waals surface area contributed by atoms with E-state index in [0.717, 1.165) is 38.3 Å². The largest absolute Gasteiger partial charge is 0.498 e. The van der Waals surface area contributed by atoms with E-state index in [4.69, 9.17) is 4.74 Å². The van der Waals surface area contributed by atoms with Gasteiger partial charge in [-0.15, -0.1) is 0 Å². The maximum atomic E-state index is 5.80. The molecule has 0 saturated heterocycles. The Kier molecular flexibility index (Phi) is 8.34. The highest BCUT2D eigenvalue weighted by Crippen LogP contribution is 2.30. The van der Waals surface area contributed by atoms with Gasteiger partial charge in [0.15, 0.2) is 0 Å².